The Morgan fingerprint density at radius 3 is 2.58 bits per heavy atom. The van der Waals surface area contributed by atoms with Gasteiger partial charge >= 0.3 is 0 Å². The first-order chi connectivity index (χ1) is 9.12. The number of nitrogens with zero attached hydrogens (tertiary/aromatic N) is 1. The number of aryl methyl sites for hydroxylation is 1. The Labute approximate surface area is 116 Å². The van der Waals surface area contributed by atoms with Crippen molar-refractivity contribution >= 4 is 5.69 Å². The largest absolute Gasteiger partial charge is 0.378 e. The summed E-state index contributed by atoms with van der Waals surface area (Å²) in [6, 6.07) is 10.0. The van der Waals surface area contributed by atoms with Gasteiger partial charge in [0, 0.05) is 24.3 Å². The van der Waals surface area contributed by atoms with Crippen LogP contribution in [0.2, 0.25) is 0 Å². The van der Waals surface area contributed by atoms with Crippen LogP contribution in [0.5, 0.6) is 0 Å². The highest BCUT2D eigenvalue weighted by Crippen LogP contribution is 2.40. The first-order valence-electron chi connectivity index (χ1n) is 7.39. The summed E-state index contributed by atoms with van der Waals surface area (Å²) in [4.78, 5) is 2.56. The van der Waals surface area contributed by atoms with Gasteiger partial charge in [-0.3, -0.25) is 0 Å². The van der Waals surface area contributed by atoms with Crippen molar-refractivity contribution in [1.82, 2.24) is 4.90 Å². The maximum Gasteiger partial charge on any atom is 0.0525 e. The zero-order chi connectivity index (χ0) is 13.5. The Kier molecular flexibility index (Phi) is 3.27. The highest BCUT2D eigenvalue weighted by atomic mass is 15.2. The van der Waals surface area contributed by atoms with E-state index in [1.807, 2.05) is 0 Å². The van der Waals surface area contributed by atoms with E-state index < -0.39 is 0 Å². The fourth-order valence-corrected chi connectivity index (χ4v) is 3.92. The zero-order valence-corrected chi connectivity index (χ0v) is 12.0. The van der Waals surface area contributed by atoms with E-state index in [1.165, 1.54) is 36.9 Å². The molecule has 104 valence electrons. The molecule has 1 aromatic rings. The number of nitrogens with one attached hydrogen (secondary N) is 1. The van der Waals surface area contributed by atoms with Crippen molar-refractivity contribution in [1.29, 1.82) is 0 Å². The van der Waals surface area contributed by atoms with Gasteiger partial charge in [-0.1, -0.05) is 12.1 Å². The lowest BCUT2D eigenvalue weighted by molar-refractivity contribution is 0.127. The lowest BCUT2D eigenvalue weighted by Gasteiger charge is -2.46. The van der Waals surface area contributed by atoms with Gasteiger partial charge in [0.25, 0.3) is 0 Å². The number of anilines is 1. The molecule has 3 N–H and O–H groups in total. The molecule has 0 aromatic heterocycles. The third-order valence-corrected chi connectivity index (χ3v) is 5.06. The maximum absolute atomic E-state index is 6.14. The average Bonchev–Trinajstić information content (AvgIpc) is 2.63. The van der Waals surface area contributed by atoms with Crippen molar-refractivity contribution in [3.05, 3.63) is 29.8 Å². The molecule has 3 heteroatoms. The summed E-state index contributed by atoms with van der Waals surface area (Å²) in [7, 11) is 2.27. The van der Waals surface area contributed by atoms with Crippen LogP contribution in [-0.4, -0.2) is 36.1 Å². The van der Waals surface area contributed by atoms with Crippen LogP contribution in [-0.2, 0) is 0 Å². The van der Waals surface area contributed by atoms with Crippen LogP contribution in [0.1, 0.15) is 31.2 Å². The molecule has 3 rings (SSSR count). The number of piperidine rings is 1. The number of hydrogen-bond donors (Lipinski definition) is 2. The van der Waals surface area contributed by atoms with E-state index in [9.17, 15) is 0 Å². The van der Waals surface area contributed by atoms with Crippen LogP contribution in [0.3, 0.4) is 0 Å². The number of hydrogen-bond acceptors (Lipinski definition) is 3. The minimum absolute atomic E-state index is 0.0894. The Morgan fingerprint density at radius 1 is 1.32 bits per heavy atom. The third kappa shape index (κ3) is 2.37. The van der Waals surface area contributed by atoms with Gasteiger partial charge in [0.1, 0.15) is 0 Å². The number of fused-ring (bicyclic) bond motifs is 2. The Bertz CT molecular complexity index is 443. The van der Waals surface area contributed by atoms with Crippen LogP contribution in [0.15, 0.2) is 24.3 Å². The molecule has 2 unspecified atom stereocenters. The van der Waals surface area contributed by atoms with Gasteiger partial charge in [-0.05, 0) is 57.4 Å². The van der Waals surface area contributed by atoms with Gasteiger partial charge < -0.3 is 16.0 Å². The molecule has 2 aliphatic heterocycles. The van der Waals surface area contributed by atoms with Gasteiger partial charge in [0.2, 0.25) is 0 Å². The van der Waals surface area contributed by atoms with Gasteiger partial charge in [-0.15, -0.1) is 0 Å². The van der Waals surface area contributed by atoms with Crippen LogP contribution in [0, 0.1) is 6.92 Å². The van der Waals surface area contributed by atoms with E-state index in [4.69, 9.17) is 5.73 Å². The second-order valence-corrected chi connectivity index (χ2v) is 6.44. The molecular formula is C16H25N3. The van der Waals surface area contributed by atoms with E-state index in [0.717, 1.165) is 6.54 Å². The molecule has 19 heavy (non-hydrogen) atoms. The SMILES string of the molecule is Cc1cccc(NC2(CN)CC3CCC(C2)N3C)c1. The van der Waals surface area contributed by atoms with Gasteiger partial charge in [0.15, 0.2) is 0 Å². The molecule has 3 nitrogen and oxygen atoms in total. The lowest BCUT2D eigenvalue weighted by atomic mass is 9.82. The maximum atomic E-state index is 6.14. The van der Waals surface area contributed by atoms with E-state index in [-0.39, 0.29) is 5.54 Å². The van der Waals surface area contributed by atoms with E-state index in [1.54, 1.807) is 0 Å². The molecule has 1 aromatic carbocycles. The summed E-state index contributed by atoms with van der Waals surface area (Å²) in [5, 5.41) is 3.75. The van der Waals surface area contributed by atoms with Gasteiger partial charge in [0.05, 0.1) is 5.54 Å². The number of nitrogens with two attached hydrogens (primary N) is 1. The molecule has 0 spiro atoms. The third-order valence-electron chi connectivity index (χ3n) is 5.06. The first-order valence-corrected chi connectivity index (χ1v) is 7.39. The molecular weight excluding hydrogens is 234 g/mol. The molecule has 2 aliphatic rings. The Morgan fingerprint density at radius 2 is 2.00 bits per heavy atom. The first kappa shape index (κ1) is 12.9. The summed E-state index contributed by atoms with van der Waals surface area (Å²) in [6.07, 6.45) is 5.01. The van der Waals surface area contributed by atoms with Crippen LogP contribution in [0.4, 0.5) is 5.69 Å². The second-order valence-electron chi connectivity index (χ2n) is 6.44. The van der Waals surface area contributed by atoms with E-state index in [2.05, 4.69) is 48.5 Å². The van der Waals surface area contributed by atoms with E-state index in [0.29, 0.717) is 12.1 Å². The Balaban J connectivity index is 1.81. The van der Waals surface area contributed by atoms with Crippen molar-refractivity contribution in [2.45, 2.75) is 50.2 Å². The number of benzene rings is 1. The smallest absolute Gasteiger partial charge is 0.0525 e. The van der Waals surface area contributed by atoms with Gasteiger partial charge in [-0.25, -0.2) is 0 Å². The van der Waals surface area contributed by atoms with Crippen LogP contribution < -0.4 is 11.1 Å². The molecule has 2 saturated heterocycles. The molecule has 2 bridgehead atoms. The van der Waals surface area contributed by atoms with Crippen molar-refractivity contribution in [2.75, 3.05) is 18.9 Å². The standard InChI is InChI=1S/C16H25N3/c1-12-4-3-5-13(8-12)18-16(11-17)9-14-6-7-15(10-16)19(14)2/h3-5,8,14-15,18H,6-7,9-11,17H2,1-2H3. The summed E-state index contributed by atoms with van der Waals surface area (Å²) in [6.45, 7) is 2.86. The summed E-state index contributed by atoms with van der Waals surface area (Å²) in [5.74, 6) is 0. The molecule has 0 amide bonds. The minimum atomic E-state index is 0.0894. The zero-order valence-electron chi connectivity index (χ0n) is 12.0. The second kappa shape index (κ2) is 4.80. The molecule has 0 radical (unpaired) electrons. The normalized spacial score (nSPS) is 34.5. The molecule has 0 saturated carbocycles. The molecule has 2 atom stereocenters. The minimum Gasteiger partial charge on any atom is -0.378 e. The van der Waals surface area contributed by atoms with Crippen LogP contribution >= 0.6 is 0 Å². The van der Waals surface area contributed by atoms with Crippen LogP contribution in [0.25, 0.3) is 0 Å². The Hall–Kier alpha value is -1.06. The molecule has 0 aliphatic carbocycles. The lowest BCUT2D eigenvalue weighted by Crippen LogP contribution is -2.57. The quantitative estimate of drug-likeness (QED) is 0.875. The fourth-order valence-electron chi connectivity index (χ4n) is 3.92. The highest BCUT2D eigenvalue weighted by Gasteiger charge is 2.46. The summed E-state index contributed by atoms with van der Waals surface area (Å²) < 4.78 is 0. The highest BCUT2D eigenvalue weighted by molar-refractivity contribution is 5.48. The van der Waals surface area contributed by atoms with Crippen molar-refractivity contribution in [3.8, 4) is 0 Å². The summed E-state index contributed by atoms with van der Waals surface area (Å²) in [5.41, 5.74) is 8.75. The predicted molar refractivity (Wildman–Crippen MR) is 80.4 cm³/mol. The van der Waals surface area contributed by atoms with Gasteiger partial charge in [-0.2, -0.15) is 0 Å². The van der Waals surface area contributed by atoms with Crippen molar-refractivity contribution in [3.63, 3.8) is 0 Å². The molecule has 2 fully saturated rings. The summed E-state index contributed by atoms with van der Waals surface area (Å²) >= 11 is 0. The molecule has 2 heterocycles. The van der Waals surface area contributed by atoms with Crippen molar-refractivity contribution in [2.24, 2.45) is 5.73 Å². The van der Waals surface area contributed by atoms with E-state index >= 15 is 0 Å². The predicted octanol–water partition coefficient (Wildman–Crippen LogP) is 2.36. The topological polar surface area (TPSA) is 41.3 Å². The van der Waals surface area contributed by atoms with Crippen molar-refractivity contribution < 1.29 is 0 Å². The fraction of sp³-hybridized carbons (Fsp3) is 0.625. The number of rotatable bonds is 3. The average molecular weight is 259 g/mol. The monoisotopic (exact) mass is 259 g/mol.